The highest BCUT2D eigenvalue weighted by molar-refractivity contribution is 7.99. The maximum Gasteiger partial charge on any atom is 0.433 e. The quantitative estimate of drug-likeness (QED) is 0.168. The van der Waals surface area contributed by atoms with Crippen molar-refractivity contribution in [2.24, 2.45) is 0 Å². The van der Waals surface area contributed by atoms with Gasteiger partial charge in [0.2, 0.25) is 0 Å². The van der Waals surface area contributed by atoms with E-state index in [1.165, 1.54) is 24.0 Å². The van der Waals surface area contributed by atoms with E-state index < -0.39 is 29.2 Å². The Morgan fingerprint density at radius 3 is 2.12 bits per heavy atom. The van der Waals surface area contributed by atoms with E-state index in [2.05, 4.69) is 24.8 Å². The lowest BCUT2D eigenvalue weighted by Gasteiger charge is -2.36. The third-order valence-corrected chi connectivity index (χ3v) is 6.22. The van der Waals surface area contributed by atoms with Crippen molar-refractivity contribution in [1.29, 1.82) is 0 Å². The third-order valence-electron chi connectivity index (χ3n) is 5.24. The molecule has 0 saturated carbocycles. The van der Waals surface area contributed by atoms with Crippen LogP contribution in [0.25, 0.3) is 0 Å². The number of aromatic amines is 1. The number of halogens is 3. The van der Waals surface area contributed by atoms with Gasteiger partial charge in [0, 0.05) is 67.8 Å². The number of carboxylic acids is 2. The van der Waals surface area contributed by atoms with Gasteiger partial charge in [-0.25, -0.2) is 24.5 Å². The molecule has 230 valence electrons. The minimum Gasteiger partial charge on any atom is -0.478 e. The summed E-state index contributed by atoms with van der Waals surface area (Å²) in [6.07, 6.45) is -0.980. The van der Waals surface area contributed by atoms with Gasteiger partial charge in [-0.1, -0.05) is 32.5 Å². The summed E-state index contributed by atoms with van der Waals surface area (Å²) < 4.78 is 40.0. The number of nitrogens with one attached hydrogen (secondary N) is 1. The first kappa shape index (κ1) is 37.5. The number of carboxylic acid groups (broad SMARTS) is 2. The minimum atomic E-state index is -4.50. The van der Waals surface area contributed by atoms with Crippen molar-refractivity contribution in [2.75, 3.05) is 43.4 Å². The lowest BCUT2D eigenvalue weighted by Crippen LogP contribution is -2.47. The largest absolute Gasteiger partial charge is 0.478 e. The SMILES string of the molecule is CC(C)(C)c1nc(N2CCN(CCCSc3nccc(=O)[nH]3)CC2)cc(C(F)(F)F)n1.O.O.O=C(O)/C=C/C(=O)O. The van der Waals surface area contributed by atoms with Gasteiger partial charge in [-0.2, -0.15) is 13.2 Å². The molecule has 1 aliphatic rings. The Hall–Kier alpha value is -3.54. The number of anilines is 1. The molecule has 1 aliphatic heterocycles. The minimum absolute atomic E-state index is 0. The highest BCUT2D eigenvalue weighted by Crippen LogP contribution is 2.32. The molecule has 1 fully saturated rings. The Kier molecular flexibility index (Phi) is 15.2. The Bertz CT molecular complexity index is 1160. The summed E-state index contributed by atoms with van der Waals surface area (Å²) >= 11 is 1.50. The zero-order chi connectivity index (χ0) is 29.2. The third kappa shape index (κ3) is 13.6. The zero-order valence-electron chi connectivity index (χ0n) is 22.7. The molecule has 13 nitrogen and oxygen atoms in total. The number of aliphatic carboxylic acids is 2. The number of hydrogen-bond acceptors (Lipinski definition) is 9. The number of hydrogen-bond donors (Lipinski definition) is 3. The zero-order valence-corrected chi connectivity index (χ0v) is 23.6. The van der Waals surface area contributed by atoms with E-state index in [9.17, 15) is 27.6 Å². The summed E-state index contributed by atoms with van der Waals surface area (Å²) in [5.41, 5.74) is -1.64. The number of carbonyl (C=O) groups is 2. The molecule has 0 amide bonds. The predicted molar refractivity (Wildman–Crippen MR) is 146 cm³/mol. The van der Waals surface area contributed by atoms with E-state index in [-0.39, 0.29) is 22.3 Å². The van der Waals surface area contributed by atoms with E-state index >= 15 is 0 Å². The second kappa shape index (κ2) is 16.7. The Morgan fingerprint density at radius 2 is 1.63 bits per heavy atom. The van der Waals surface area contributed by atoms with Gasteiger partial charge in [0.05, 0.1) is 0 Å². The van der Waals surface area contributed by atoms with Gasteiger partial charge in [-0.15, -0.1) is 0 Å². The van der Waals surface area contributed by atoms with E-state index in [0.717, 1.165) is 37.9 Å². The number of thioether (sulfide) groups is 1. The number of rotatable bonds is 8. The van der Waals surface area contributed by atoms with Crippen molar-refractivity contribution in [2.45, 2.75) is 43.9 Å². The molecule has 0 radical (unpaired) electrons. The highest BCUT2D eigenvalue weighted by atomic mass is 32.2. The van der Waals surface area contributed by atoms with Crippen LogP contribution >= 0.6 is 11.8 Å². The van der Waals surface area contributed by atoms with Crippen molar-refractivity contribution in [3.05, 3.63) is 52.4 Å². The van der Waals surface area contributed by atoms with Crippen molar-refractivity contribution < 1.29 is 43.9 Å². The fourth-order valence-corrected chi connectivity index (χ4v) is 4.08. The highest BCUT2D eigenvalue weighted by Gasteiger charge is 2.36. The maximum absolute atomic E-state index is 13.3. The molecule has 0 atom stereocenters. The lowest BCUT2D eigenvalue weighted by molar-refractivity contribution is -0.141. The van der Waals surface area contributed by atoms with Gasteiger partial charge < -0.3 is 31.0 Å². The van der Waals surface area contributed by atoms with Crippen LogP contribution in [-0.4, -0.2) is 96.4 Å². The molecule has 2 aromatic rings. The van der Waals surface area contributed by atoms with E-state index in [1.807, 2.05) is 25.7 Å². The summed E-state index contributed by atoms with van der Waals surface area (Å²) in [6.45, 7) is 9.02. The molecule has 41 heavy (non-hydrogen) atoms. The van der Waals surface area contributed by atoms with Crippen LogP contribution in [-0.2, 0) is 21.2 Å². The average molecular weight is 609 g/mol. The molecule has 3 rings (SSSR count). The van der Waals surface area contributed by atoms with Crippen LogP contribution in [0.15, 0.2) is 40.4 Å². The maximum atomic E-state index is 13.3. The first-order chi connectivity index (χ1) is 18.1. The van der Waals surface area contributed by atoms with Crippen LogP contribution in [0.4, 0.5) is 19.0 Å². The number of piperazine rings is 1. The molecule has 7 N–H and O–H groups in total. The molecule has 0 aliphatic carbocycles. The monoisotopic (exact) mass is 608 g/mol. The van der Waals surface area contributed by atoms with Crippen molar-refractivity contribution in [3.8, 4) is 0 Å². The van der Waals surface area contributed by atoms with Crippen LogP contribution in [0.2, 0.25) is 0 Å². The van der Waals surface area contributed by atoms with Gasteiger partial charge in [-0.3, -0.25) is 9.69 Å². The van der Waals surface area contributed by atoms with Crippen LogP contribution in [0.3, 0.4) is 0 Å². The summed E-state index contributed by atoms with van der Waals surface area (Å²) in [6, 6.07) is 2.43. The molecule has 17 heteroatoms. The molecule has 0 bridgehead atoms. The number of alkyl halides is 3. The van der Waals surface area contributed by atoms with Gasteiger partial charge in [0.15, 0.2) is 5.16 Å². The normalized spacial score (nSPS) is 14.0. The molecule has 1 saturated heterocycles. The summed E-state index contributed by atoms with van der Waals surface area (Å²) in [4.78, 5) is 49.6. The van der Waals surface area contributed by atoms with E-state index in [4.69, 9.17) is 10.2 Å². The Morgan fingerprint density at radius 1 is 1.05 bits per heavy atom. The summed E-state index contributed by atoms with van der Waals surface area (Å²) in [5, 5.41) is 16.2. The van der Waals surface area contributed by atoms with Crippen LogP contribution in [0.1, 0.15) is 38.7 Å². The van der Waals surface area contributed by atoms with Gasteiger partial charge in [-0.05, 0) is 13.0 Å². The molecule has 0 aromatic carbocycles. The van der Waals surface area contributed by atoms with Crippen LogP contribution < -0.4 is 10.5 Å². The Balaban J connectivity index is 0.00000140. The van der Waals surface area contributed by atoms with Crippen molar-refractivity contribution in [3.63, 3.8) is 0 Å². The van der Waals surface area contributed by atoms with Gasteiger partial charge >= 0.3 is 18.1 Å². The lowest BCUT2D eigenvalue weighted by atomic mass is 9.95. The molecular weight excluding hydrogens is 573 g/mol. The number of nitrogens with zero attached hydrogens (tertiary/aromatic N) is 5. The predicted octanol–water partition coefficient (Wildman–Crippen LogP) is 1.24. The molecule has 3 heterocycles. The van der Waals surface area contributed by atoms with Crippen molar-refractivity contribution >= 4 is 29.5 Å². The molecule has 2 aromatic heterocycles. The first-order valence-corrected chi connectivity index (χ1v) is 12.9. The van der Waals surface area contributed by atoms with Crippen LogP contribution in [0.5, 0.6) is 0 Å². The summed E-state index contributed by atoms with van der Waals surface area (Å²) in [5.74, 6) is -1.16. The fraction of sp³-hybridized carbons (Fsp3) is 0.500. The smallest absolute Gasteiger partial charge is 0.433 e. The topological polar surface area (TPSA) is 216 Å². The van der Waals surface area contributed by atoms with E-state index in [0.29, 0.717) is 36.2 Å². The first-order valence-electron chi connectivity index (χ1n) is 11.9. The van der Waals surface area contributed by atoms with Gasteiger partial charge in [0.1, 0.15) is 17.3 Å². The van der Waals surface area contributed by atoms with Gasteiger partial charge in [0.25, 0.3) is 5.56 Å². The fourth-order valence-electron chi connectivity index (χ4n) is 3.30. The van der Waals surface area contributed by atoms with Crippen LogP contribution in [0, 0.1) is 0 Å². The Labute approximate surface area is 238 Å². The average Bonchev–Trinajstić information content (AvgIpc) is 2.85. The molecular formula is C24H35F3N6O7S. The van der Waals surface area contributed by atoms with E-state index in [1.54, 1.807) is 0 Å². The second-order valence-electron chi connectivity index (χ2n) is 9.46. The number of aromatic nitrogens is 4. The van der Waals surface area contributed by atoms with Crippen molar-refractivity contribution in [1.82, 2.24) is 24.8 Å². The second-order valence-corrected chi connectivity index (χ2v) is 10.5. The number of H-pyrrole nitrogens is 1. The summed E-state index contributed by atoms with van der Waals surface area (Å²) in [7, 11) is 0. The molecule has 0 spiro atoms. The molecule has 0 unspecified atom stereocenters. The standard InChI is InChI=1S/C20H27F3N6OS.C4H4O4.2H2O/c1-19(2,3)17-25-14(20(21,22)23)13-15(26-17)29-10-8-28(9-11-29)7-4-12-31-18-24-6-5-16(30)27-18;5-3(6)1-2-4(7)8;;/h5-6,13H,4,7-12H2,1-3H3,(H,24,27,30);1-2H,(H,5,6)(H,7,8);2*1H2/b;2-1+;;.